The Morgan fingerprint density at radius 1 is 1.19 bits per heavy atom. The maximum absolute atomic E-state index is 12.0. The molecule has 1 rings (SSSR count). The van der Waals surface area contributed by atoms with Crippen LogP contribution in [0.25, 0.3) is 0 Å². The molecule has 0 radical (unpaired) electrons. The van der Waals surface area contributed by atoms with Crippen molar-refractivity contribution in [1.82, 2.24) is 15.5 Å². The van der Waals surface area contributed by atoms with E-state index in [0.717, 1.165) is 6.42 Å². The summed E-state index contributed by atoms with van der Waals surface area (Å²) >= 11 is 0. The van der Waals surface area contributed by atoms with Gasteiger partial charge in [0.15, 0.2) is 0 Å². The number of likely N-dealkylation sites (tertiary alicyclic amines) is 1. The number of carbonyl (C=O) groups excluding carboxylic acids is 2. The first-order valence-corrected chi connectivity index (χ1v) is 7.48. The number of carboxylic acids is 1. The van der Waals surface area contributed by atoms with Crippen molar-refractivity contribution in [1.29, 1.82) is 0 Å². The van der Waals surface area contributed by atoms with E-state index in [9.17, 15) is 19.5 Å². The van der Waals surface area contributed by atoms with Gasteiger partial charge in [0.25, 0.3) is 0 Å². The van der Waals surface area contributed by atoms with Gasteiger partial charge in [-0.05, 0) is 19.3 Å². The fraction of sp³-hybridized carbons (Fsp3) is 0.786. The predicted molar refractivity (Wildman–Crippen MR) is 77.9 cm³/mol. The average molecular weight is 299 g/mol. The van der Waals surface area contributed by atoms with Crippen molar-refractivity contribution in [2.24, 2.45) is 5.41 Å². The molecule has 1 unspecified atom stereocenters. The quantitative estimate of drug-likeness (QED) is 0.647. The lowest BCUT2D eigenvalue weighted by molar-refractivity contribution is -0.148. The van der Waals surface area contributed by atoms with Crippen molar-refractivity contribution in [3.05, 3.63) is 0 Å². The number of carbonyl (C=O) groups is 3. The molecule has 7 nitrogen and oxygen atoms in total. The normalized spacial score (nSPS) is 21.1. The third kappa shape index (κ3) is 4.61. The van der Waals surface area contributed by atoms with Gasteiger partial charge >= 0.3 is 12.0 Å². The molecule has 0 bridgehead atoms. The van der Waals surface area contributed by atoms with Crippen LogP contribution in [0.3, 0.4) is 0 Å². The summed E-state index contributed by atoms with van der Waals surface area (Å²) in [5, 5.41) is 14.7. The Bertz CT molecular complexity index is 400. The highest BCUT2D eigenvalue weighted by Gasteiger charge is 2.44. The molecule has 1 atom stereocenters. The Balaban J connectivity index is 2.34. The molecular formula is C14H25N3O4. The standard InChI is InChI=1S/C14H25N3O4/c1-3-7-15-11(18)5-8-16-13(21)17-9-6-14(4-2,10-17)12(19)20/h3-10H2,1-2H3,(H,15,18)(H,16,21)(H,19,20). The van der Waals surface area contributed by atoms with Gasteiger partial charge in [-0.3, -0.25) is 9.59 Å². The molecule has 3 amide bonds. The number of hydrogen-bond donors (Lipinski definition) is 3. The van der Waals surface area contributed by atoms with Gasteiger partial charge in [0.2, 0.25) is 5.91 Å². The number of hydrogen-bond acceptors (Lipinski definition) is 3. The summed E-state index contributed by atoms with van der Waals surface area (Å²) < 4.78 is 0. The van der Waals surface area contributed by atoms with Crippen LogP contribution < -0.4 is 10.6 Å². The van der Waals surface area contributed by atoms with E-state index in [1.807, 2.05) is 13.8 Å². The SMILES string of the molecule is CCCNC(=O)CCNC(=O)N1CCC(CC)(C(=O)O)C1. The maximum atomic E-state index is 12.0. The van der Waals surface area contributed by atoms with Crippen molar-refractivity contribution in [3.8, 4) is 0 Å². The Labute approximate surface area is 125 Å². The lowest BCUT2D eigenvalue weighted by Gasteiger charge is -2.23. The lowest BCUT2D eigenvalue weighted by Crippen LogP contribution is -2.42. The number of nitrogens with one attached hydrogen (secondary N) is 2. The molecule has 0 aromatic heterocycles. The second kappa shape index (κ2) is 7.85. The van der Waals surface area contributed by atoms with E-state index in [-0.39, 0.29) is 31.4 Å². The molecule has 0 aliphatic carbocycles. The predicted octanol–water partition coefficient (Wildman–Crippen LogP) is 0.799. The van der Waals surface area contributed by atoms with Crippen molar-refractivity contribution in [3.63, 3.8) is 0 Å². The average Bonchev–Trinajstić information content (AvgIpc) is 2.91. The fourth-order valence-corrected chi connectivity index (χ4v) is 2.41. The van der Waals surface area contributed by atoms with E-state index in [1.165, 1.54) is 4.90 Å². The Hall–Kier alpha value is -1.79. The van der Waals surface area contributed by atoms with Crippen LogP contribution in [0.2, 0.25) is 0 Å². The van der Waals surface area contributed by atoms with Crippen LogP contribution >= 0.6 is 0 Å². The minimum absolute atomic E-state index is 0.0907. The number of nitrogens with zero attached hydrogens (tertiary/aromatic N) is 1. The number of amides is 3. The van der Waals surface area contributed by atoms with Crippen LogP contribution in [-0.4, -0.2) is 54.1 Å². The Kier molecular flexibility index (Phi) is 6.45. The van der Waals surface area contributed by atoms with E-state index in [4.69, 9.17) is 0 Å². The minimum atomic E-state index is -0.848. The zero-order valence-corrected chi connectivity index (χ0v) is 12.8. The van der Waals surface area contributed by atoms with E-state index in [1.54, 1.807) is 0 Å². The van der Waals surface area contributed by atoms with Gasteiger partial charge in [-0.25, -0.2) is 4.79 Å². The second-order valence-electron chi connectivity index (χ2n) is 5.44. The monoisotopic (exact) mass is 299 g/mol. The summed E-state index contributed by atoms with van der Waals surface area (Å²) in [6.07, 6.45) is 2.09. The summed E-state index contributed by atoms with van der Waals surface area (Å²) in [5.41, 5.74) is -0.824. The largest absolute Gasteiger partial charge is 0.481 e. The first kappa shape index (κ1) is 17.3. The van der Waals surface area contributed by atoms with Crippen molar-refractivity contribution < 1.29 is 19.5 Å². The molecule has 1 aliphatic rings. The number of rotatable bonds is 7. The highest BCUT2D eigenvalue weighted by Crippen LogP contribution is 2.34. The number of carboxylic acid groups (broad SMARTS) is 1. The van der Waals surface area contributed by atoms with Gasteiger partial charge in [-0.15, -0.1) is 0 Å². The molecule has 0 aromatic carbocycles. The second-order valence-corrected chi connectivity index (χ2v) is 5.44. The number of urea groups is 1. The van der Waals surface area contributed by atoms with Gasteiger partial charge < -0.3 is 20.6 Å². The molecule has 0 spiro atoms. The molecule has 1 fully saturated rings. The zero-order valence-electron chi connectivity index (χ0n) is 12.8. The smallest absolute Gasteiger partial charge is 0.317 e. The minimum Gasteiger partial charge on any atom is -0.481 e. The zero-order chi connectivity index (χ0) is 15.9. The van der Waals surface area contributed by atoms with Gasteiger partial charge in [-0.1, -0.05) is 13.8 Å². The van der Waals surface area contributed by atoms with Crippen molar-refractivity contribution in [2.45, 2.75) is 39.5 Å². The summed E-state index contributed by atoms with van der Waals surface area (Å²) in [4.78, 5) is 36.2. The first-order chi connectivity index (χ1) is 9.95. The van der Waals surface area contributed by atoms with Crippen LogP contribution in [0.15, 0.2) is 0 Å². The van der Waals surface area contributed by atoms with Gasteiger partial charge in [-0.2, -0.15) is 0 Å². The molecule has 1 heterocycles. The molecular weight excluding hydrogens is 274 g/mol. The lowest BCUT2D eigenvalue weighted by atomic mass is 9.84. The van der Waals surface area contributed by atoms with Crippen molar-refractivity contribution in [2.75, 3.05) is 26.2 Å². The topological polar surface area (TPSA) is 98.7 Å². The van der Waals surface area contributed by atoms with E-state index >= 15 is 0 Å². The third-order valence-corrected chi connectivity index (χ3v) is 3.97. The molecule has 21 heavy (non-hydrogen) atoms. The summed E-state index contributed by atoms with van der Waals surface area (Å²) in [6, 6.07) is -0.296. The molecule has 7 heteroatoms. The molecule has 1 aliphatic heterocycles. The Morgan fingerprint density at radius 3 is 2.43 bits per heavy atom. The van der Waals surface area contributed by atoms with Gasteiger partial charge in [0, 0.05) is 32.6 Å². The van der Waals surface area contributed by atoms with Crippen molar-refractivity contribution >= 4 is 17.9 Å². The molecule has 0 aromatic rings. The first-order valence-electron chi connectivity index (χ1n) is 7.48. The van der Waals surface area contributed by atoms with Crippen LogP contribution in [0.1, 0.15) is 39.5 Å². The summed E-state index contributed by atoms with van der Waals surface area (Å²) in [5.74, 6) is -0.939. The van der Waals surface area contributed by atoms with Gasteiger partial charge in [0.1, 0.15) is 0 Å². The van der Waals surface area contributed by atoms with Crippen LogP contribution in [0.5, 0.6) is 0 Å². The van der Waals surface area contributed by atoms with E-state index < -0.39 is 11.4 Å². The molecule has 120 valence electrons. The maximum Gasteiger partial charge on any atom is 0.317 e. The highest BCUT2D eigenvalue weighted by molar-refractivity contribution is 5.80. The van der Waals surface area contributed by atoms with Crippen LogP contribution in [0.4, 0.5) is 4.79 Å². The van der Waals surface area contributed by atoms with Gasteiger partial charge in [0.05, 0.1) is 5.41 Å². The Morgan fingerprint density at radius 2 is 1.90 bits per heavy atom. The number of aliphatic carboxylic acids is 1. The summed E-state index contributed by atoms with van der Waals surface area (Å²) in [7, 11) is 0. The van der Waals surface area contributed by atoms with Crippen LogP contribution in [-0.2, 0) is 9.59 Å². The van der Waals surface area contributed by atoms with E-state index in [0.29, 0.717) is 25.9 Å². The molecule has 0 saturated carbocycles. The van der Waals surface area contributed by atoms with Crippen LogP contribution in [0, 0.1) is 5.41 Å². The summed E-state index contributed by atoms with van der Waals surface area (Å²) in [6.45, 7) is 5.36. The third-order valence-electron chi connectivity index (χ3n) is 3.97. The fourth-order valence-electron chi connectivity index (χ4n) is 2.41. The highest BCUT2D eigenvalue weighted by atomic mass is 16.4. The molecule has 3 N–H and O–H groups in total. The molecule has 1 saturated heterocycles. The van der Waals surface area contributed by atoms with E-state index in [2.05, 4.69) is 10.6 Å².